The van der Waals surface area contributed by atoms with E-state index in [1.165, 1.54) is 42.7 Å². The van der Waals surface area contributed by atoms with Gasteiger partial charge in [-0.15, -0.1) is 0 Å². The summed E-state index contributed by atoms with van der Waals surface area (Å²) in [7, 11) is -9.12. The third-order valence-corrected chi connectivity index (χ3v) is 8.95. The summed E-state index contributed by atoms with van der Waals surface area (Å²) in [5, 5.41) is 0. The highest BCUT2D eigenvalue weighted by molar-refractivity contribution is 7.92. The number of phosphoric ester groups is 1. The quantitative estimate of drug-likeness (QED) is 0.286. The van der Waals surface area contributed by atoms with Crippen molar-refractivity contribution in [3.8, 4) is 16.9 Å². The first kappa shape index (κ1) is 27.7. The molecule has 2 atom stereocenters. The molecule has 41 heavy (non-hydrogen) atoms. The average molecular weight is 606 g/mol. The number of ether oxygens (including phenoxy) is 1. The predicted molar refractivity (Wildman–Crippen MR) is 138 cm³/mol. The maximum Gasteiger partial charge on any atom is 0.387 e. The van der Waals surface area contributed by atoms with Gasteiger partial charge in [-0.2, -0.15) is 8.78 Å². The Balaban J connectivity index is 1.46. The topological polar surface area (TPSA) is 163 Å². The van der Waals surface area contributed by atoms with E-state index >= 15 is 0 Å². The van der Waals surface area contributed by atoms with Crippen molar-refractivity contribution < 1.29 is 40.8 Å². The summed E-state index contributed by atoms with van der Waals surface area (Å²) < 4.78 is 76.1. The molecule has 2 aromatic carbocycles. The van der Waals surface area contributed by atoms with Gasteiger partial charge in [0.05, 0.1) is 36.8 Å². The van der Waals surface area contributed by atoms with Gasteiger partial charge < -0.3 is 28.2 Å². The average Bonchev–Trinajstić information content (AvgIpc) is 3.37. The second-order valence-corrected chi connectivity index (χ2v) is 13.2. The third kappa shape index (κ3) is 4.77. The summed E-state index contributed by atoms with van der Waals surface area (Å²) in [6.45, 7) is -0.396. The lowest BCUT2D eigenvalue weighted by Gasteiger charge is -2.36. The van der Waals surface area contributed by atoms with Crippen molar-refractivity contribution in [3.05, 3.63) is 66.0 Å². The molecule has 4 heterocycles. The minimum Gasteiger partial charge on any atom is -0.790 e. The van der Waals surface area contributed by atoms with E-state index in [0.717, 1.165) is 6.26 Å². The number of aromatic nitrogens is 4. The zero-order valence-corrected chi connectivity index (χ0v) is 23.5. The van der Waals surface area contributed by atoms with Crippen LogP contribution in [0.25, 0.3) is 22.2 Å². The highest BCUT2D eigenvalue weighted by Gasteiger charge is 2.48. The Morgan fingerprint density at radius 3 is 2.44 bits per heavy atom. The van der Waals surface area contributed by atoms with Crippen LogP contribution in [0.1, 0.15) is 49.6 Å². The molecule has 0 saturated carbocycles. The molecule has 4 aromatic rings. The zero-order valence-electron chi connectivity index (χ0n) is 21.8. The molecule has 12 nitrogen and oxygen atoms in total. The number of alkyl halides is 2. The summed E-state index contributed by atoms with van der Waals surface area (Å²) in [5.74, 6) is 0.337. The second kappa shape index (κ2) is 9.26. The van der Waals surface area contributed by atoms with Crippen LogP contribution in [0.3, 0.4) is 0 Å². The lowest BCUT2D eigenvalue weighted by molar-refractivity contribution is -0.349. The molecule has 216 valence electrons. The largest absolute Gasteiger partial charge is 0.790 e. The molecule has 2 aliphatic heterocycles. The van der Waals surface area contributed by atoms with Crippen LogP contribution < -0.4 is 18.8 Å². The lowest BCUT2D eigenvalue weighted by Crippen LogP contribution is -2.36. The van der Waals surface area contributed by atoms with Crippen molar-refractivity contribution in [2.24, 2.45) is 0 Å². The van der Waals surface area contributed by atoms with Crippen LogP contribution in [0.5, 0.6) is 5.75 Å². The molecule has 0 saturated heterocycles. The molecular formula is C25H22F2N5O7PS-2. The van der Waals surface area contributed by atoms with Gasteiger partial charge in [0.2, 0.25) is 10.0 Å². The van der Waals surface area contributed by atoms with E-state index in [-0.39, 0.29) is 23.7 Å². The number of sulfonamides is 1. The van der Waals surface area contributed by atoms with Gasteiger partial charge >= 0.3 is 6.61 Å². The number of imidazole rings is 1. The summed E-state index contributed by atoms with van der Waals surface area (Å²) in [4.78, 5) is 35.3. The molecule has 0 spiro atoms. The van der Waals surface area contributed by atoms with Crippen LogP contribution in [0.2, 0.25) is 0 Å². The van der Waals surface area contributed by atoms with Gasteiger partial charge in [-0.3, -0.25) is 4.31 Å². The molecule has 2 bridgehead atoms. The summed E-state index contributed by atoms with van der Waals surface area (Å²) in [5.41, 5.74) is 1.40. The van der Waals surface area contributed by atoms with Gasteiger partial charge in [-0.25, -0.2) is 23.4 Å². The highest BCUT2D eigenvalue weighted by atomic mass is 32.2. The Kier molecular flexibility index (Phi) is 6.25. The van der Waals surface area contributed by atoms with Gasteiger partial charge in [0.25, 0.3) is 0 Å². The highest BCUT2D eigenvalue weighted by Crippen LogP contribution is 2.55. The van der Waals surface area contributed by atoms with Gasteiger partial charge in [0.15, 0.2) is 5.82 Å². The van der Waals surface area contributed by atoms with E-state index in [9.17, 15) is 31.6 Å². The van der Waals surface area contributed by atoms with Crippen LogP contribution >= 0.6 is 7.82 Å². The SMILES string of the molecule is CC(C)(OP(=O)([O-])[O-])c1ncc(-c2ccc3nc4n(c3c2)[C@@H]2C[C@H]4N(S(C)(=O)=O)c3cccc(OC(F)F)c32)cn1. The number of phosphoric acid groups is 1. The summed E-state index contributed by atoms with van der Waals surface area (Å²) in [6, 6.07) is 8.56. The molecule has 6 rings (SSSR count). The third-order valence-electron chi connectivity index (χ3n) is 7.11. The fraction of sp³-hybridized carbons (Fsp3) is 0.320. The van der Waals surface area contributed by atoms with E-state index < -0.39 is 42.1 Å². The van der Waals surface area contributed by atoms with Gasteiger partial charge in [0, 0.05) is 29.9 Å². The Morgan fingerprint density at radius 1 is 1.10 bits per heavy atom. The number of rotatable bonds is 7. The van der Waals surface area contributed by atoms with E-state index in [2.05, 4.69) is 14.5 Å². The monoisotopic (exact) mass is 605 g/mol. The van der Waals surface area contributed by atoms with E-state index in [1.807, 2.05) is 4.57 Å². The zero-order chi connectivity index (χ0) is 29.5. The molecule has 0 unspecified atom stereocenters. The van der Waals surface area contributed by atoms with Crippen LogP contribution in [0.4, 0.5) is 14.5 Å². The van der Waals surface area contributed by atoms with Crippen molar-refractivity contribution in [3.63, 3.8) is 0 Å². The molecule has 2 aromatic heterocycles. The Labute approximate surface area is 232 Å². The number of fused-ring (bicyclic) bond motifs is 9. The predicted octanol–water partition coefficient (Wildman–Crippen LogP) is 2.99. The first-order valence-electron chi connectivity index (χ1n) is 12.3. The van der Waals surface area contributed by atoms with Crippen LogP contribution in [0, 0.1) is 0 Å². The molecule has 0 N–H and O–H groups in total. The van der Waals surface area contributed by atoms with Crippen LogP contribution in [0.15, 0.2) is 48.8 Å². The number of hydrogen-bond acceptors (Lipinski definition) is 10. The molecular weight excluding hydrogens is 583 g/mol. The van der Waals surface area contributed by atoms with Gasteiger partial charge in [-0.1, -0.05) is 12.1 Å². The normalized spacial score (nSPS) is 18.6. The number of benzene rings is 2. The van der Waals surface area contributed by atoms with Gasteiger partial charge in [-0.05, 0) is 43.7 Å². The minimum absolute atomic E-state index is 0.0164. The first-order chi connectivity index (χ1) is 19.1. The number of anilines is 1. The van der Waals surface area contributed by atoms with Crippen molar-refractivity contribution in [2.75, 3.05) is 10.6 Å². The van der Waals surface area contributed by atoms with Crippen molar-refractivity contribution >= 4 is 34.6 Å². The van der Waals surface area contributed by atoms with Crippen LogP contribution in [-0.4, -0.2) is 40.8 Å². The molecule has 0 amide bonds. The fourth-order valence-electron chi connectivity index (χ4n) is 5.67. The van der Waals surface area contributed by atoms with E-state index in [4.69, 9.17) is 9.72 Å². The maximum absolute atomic E-state index is 13.3. The molecule has 16 heteroatoms. The smallest absolute Gasteiger partial charge is 0.387 e. The summed E-state index contributed by atoms with van der Waals surface area (Å²) in [6.07, 6.45) is 4.24. The summed E-state index contributed by atoms with van der Waals surface area (Å²) >= 11 is 0. The van der Waals surface area contributed by atoms with Crippen molar-refractivity contribution in [2.45, 2.75) is 44.6 Å². The molecule has 0 radical (unpaired) electrons. The lowest BCUT2D eigenvalue weighted by atomic mass is 9.95. The minimum atomic E-state index is -5.29. The Hall–Kier alpha value is -3.49. The second-order valence-electron chi connectivity index (χ2n) is 10.3. The number of halogens is 2. The number of nitrogens with zero attached hydrogens (tertiary/aromatic N) is 5. The molecule has 0 fully saturated rings. The molecule has 2 aliphatic rings. The number of hydrogen-bond donors (Lipinski definition) is 0. The van der Waals surface area contributed by atoms with Crippen LogP contribution in [-0.2, 0) is 24.7 Å². The van der Waals surface area contributed by atoms with E-state index in [0.29, 0.717) is 33.5 Å². The van der Waals surface area contributed by atoms with Crippen molar-refractivity contribution in [1.82, 2.24) is 19.5 Å². The maximum atomic E-state index is 13.3. The first-order valence-corrected chi connectivity index (χ1v) is 15.6. The molecule has 0 aliphatic carbocycles. The Bertz CT molecular complexity index is 1840. The van der Waals surface area contributed by atoms with Crippen molar-refractivity contribution in [1.29, 1.82) is 0 Å². The van der Waals surface area contributed by atoms with E-state index in [1.54, 1.807) is 24.3 Å². The fourth-order valence-corrected chi connectivity index (χ4v) is 7.47. The van der Waals surface area contributed by atoms with Gasteiger partial charge in [0.1, 0.15) is 23.2 Å². The Morgan fingerprint density at radius 2 is 1.80 bits per heavy atom. The standard InChI is InChI=1S/C25H24F2N5O7PS/c1-25(2,39-40(33,34)35)23-28-11-14(12-29-23)13-7-8-15-17(9-13)31-18-10-19(22(31)30-15)32(41(3,36)37)16-5-4-6-20(21(16)18)38-24(26)27/h4-9,11-12,18-19,24H,10H2,1-3H3,(H2,33,34,35)/p-2/t18-,19-/m1/s1.